The van der Waals surface area contributed by atoms with Gasteiger partial charge in [0.05, 0.1) is 17.8 Å². The van der Waals surface area contributed by atoms with Crippen LogP contribution in [0.2, 0.25) is 0 Å². The van der Waals surface area contributed by atoms with Crippen LogP contribution < -0.4 is 21.7 Å². The van der Waals surface area contributed by atoms with E-state index in [4.69, 9.17) is 15.6 Å². The predicted molar refractivity (Wildman–Crippen MR) is 161 cm³/mol. The predicted octanol–water partition coefficient (Wildman–Crippen LogP) is 0.892. The zero-order valence-electron chi connectivity index (χ0n) is 26.5. The van der Waals surface area contributed by atoms with Crippen LogP contribution in [-0.2, 0) is 30.4 Å². The van der Waals surface area contributed by atoms with Crippen molar-refractivity contribution in [2.75, 3.05) is 13.6 Å². The van der Waals surface area contributed by atoms with E-state index in [1.165, 1.54) is 4.90 Å². The Morgan fingerprint density at radius 1 is 1.06 bits per heavy atom. The molecule has 6 N–H and O–H groups in total. The van der Waals surface area contributed by atoms with Gasteiger partial charge in [-0.1, -0.05) is 49.4 Å². The van der Waals surface area contributed by atoms with Crippen molar-refractivity contribution in [2.24, 2.45) is 11.7 Å². The fraction of sp³-hybridized carbons (Fsp3) is 0.567. The molecule has 0 spiro atoms. The van der Waals surface area contributed by atoms with Crippen LogP contribution in [0, 0.1) is 5.92 Å². The number of aromatic nitrogens is 3. The third-order valence-corrected chi connectivity index (χ3v) is 8.00. The van der Waals surface area contributed by atoms with Crippen LogP contribution >= 0.6 is 0 Å². The van der Waals surface area contributed by atoms with Gasteiger partial charge in [-0.2, -0.15) is 13.2 Å². The van der Waals surface area contributed by atoms with Crippen molar-refractivity contribution >= 4 is 29.6 Å². The summed E-state index contributed by atoms with van der Waals surface area (Å²) in [4.78, 5) is 63.0. The Morgan fingerprint density at radius 2 is 1.68 bits per heavy atom. The number of rotatable bonds is 12. The van der Waals surface area contributed by atoms with Crippen molar-refractivity contribution in [1.29, 1.82) is 0 Å². The van der Waals surface area contributed by atoms with Crippen molar-refractivity contribution in [3.05, 3.63) is 47.8 Å². The number of aliphatic carboxylic acids is 1. The van der Waals surface area contributed by atoms with E-state index < -0.39 is 48.1 Å². The molecule has 1 aromatic heterocycles. The number of benzene rings is 1. The summed E-state index contributed by atoms with van der Waals surface area (Å²) in [6.07, 6.45) is -0.519. The van der Waals surface area contributed by atoms with Gasteiger partial charge in [0.25, 0.3) is 0 Å². The number of carboxylic acids is 1. The van der Waals surface area contributed by atoms with Gasteiger partial charge < -0.3 is 31.7 Å². The quantitative estimate of drug-likeness (QED) is 0.218. The number of hydrogen-bond donors (Lipinski definition) is 5. The summed E-state index contributed by atoms with van der Waals surface area (Å²) in [7, 11) is 1.67. The number of nitrogens with zero attached hydrogens (tertiary/aromatic N) is 4. The molecule has 5 atom stereocenters. The standard InChI is InChI=1S/C28H40N8O4.C2HF3O2/c1-16(2)24(32-26(38)17(3)30-4)28(40)35-14-20(36-15-22(33-34-36)19-10-11-19)13-23(35)27(39)31-21(25(29)37)12-18-8-6-5-7-9-18;3-2(4,5)1(6)7/h5-9,15-17,19-21,23-24,30H,10-14H2,1-4H3,(H2,29,37)(H,31,39)(H,32,38);(H,6,7)/t17-,20+,21-,23-,24-;/m0./s1. The first-order chi connectivity index (χ1) is 22.0. The normalized spacial score (nSPS) is 19.6. The van der Waals surface area contributed by atoms with Crippen molar-refractivity contribution in [3.63, 3.8) is 0 Å². The highest BCUT2D eigenvalue weighted by atomic mass is 19.4. The van der Waals surface area contributed by atoms with Gasteiger partial charge in [-0.3, -0.25) is 19.2 Å². The SMILES string of the molecule is CN[C@@H](C)C(=O)N[C@H](C(=O)N1C[C@H](n2cc(C3CC3)nn2)C[C@H]1C(=O)N[C@@H](Cc1ccccc1)C(N)=O)C(C)C.O=C(O)C(F)(F)F. The summed E-state index contributed by atoms with van der Waals surface area (Å²) in [5, 5.41) is 24.2. The second-order valence-corrected chi connectivity index (χ2v) is 12.0. The van der Waals surface area contributed by atoms with Crippen LogP contribution in [-0.4, -0.2) is 98.5 Å². The Balaban J connectivity index is 0.000000771. The smallest absolute Gasteiger partial charge is 0.475 e. The summed E-state index contributed by atoms with van der Waals surface area (Å²) in [5.74, 6) is -4.39. The van der Waals surface area contributed by atoms with Crippen LogP contribution in [0.15, 0.2) is 36.5 Å². The molecule has 0 radical (unpaired) electrons. The Hall–Kier alpha value is -4.54. The number of alkyl halides is 3. The zero-order valence-corrected chi connectivity index (χ0v) is 26.5. The zero-order chi connectivity index (χ0) is 35.1. The van der Waals surface area contributed by atoms with Crippen LogP contribution in [0.5, 0.6) is 0 Å². The van der Waals surface area contributed by atoms with E-state index in [2.05, 4.69) is 26.3 Å². The molecule has 4 rings (SSSR count). The van der Waals surface area contributed by atoms with Gasteiger partial charge in [-0.05, 0) is 38.3 Å². The molecule has 258 valence electrons. The lowest BCUT2D eigenvalue weighted by atomic mass is 10.0. The number of nitrogens with two attached hydrogens (primary N) is 1. The Bertz CT molecular complexity index is 1420. The molecule has 1 aliphatic heterocycles. The monoisotopic (exact) mass is 666 g/mol. The van der Waals surface area contributed by atoms with Gasteiger partial charge >= 0.3 is 12.1 Å². The van der Waals surface area contributed by atoms with Crippen LogP contribution in [0.3, 0.4) is 0 Å². The second-order valence-electron chi connectivity index (χ2n) is 12.0. The largest absolute Gasteiger partial charge is 0.490 e. The van der Waals surface area contributed by atoms with Crippen LogP contribution in [0.25, 0.3) is 0 Å². The number of halogens is 3. The highest BCUT2D eigenvalue weighted by Gasteiger charge is 2.45. The minimum atomic E-state index is -5.08. The van der Waals surface area contributed by atoms with Gasteiger partial charge in [0.1, 0.15) is 18.1 Å². The van der Waals surface area contributed by atoms with Crippen molar-refractivity contribution in [3.8, 4) is 0 Å². The van der Waals surface area contributed by atoms with E-state index in [-0.39, 0.29) is 43.2 Å². The first-order valence-corrected chi connectivity index (χ1v) is 15.2. The molecule has 2 fully saturated rings. The number of primary amides is 1. The molecule has 14 nitrogen and oxygen atoms in total. The van der Waals surface area contributed by atoms with Crippen LogP contribution in [0.4, 0.5) is 13.2 Å². The molecule has 0 unspecified atom stereocenters. The van der Waals surface area contributed by atoms with E-state index in [1.54, 1.807) is 18.7 Å². The molecule has 47 heavy (non-hydrogen) atoms. The summed E-state index contributed by atoms with van der Waals surface area (Å²) >= 11 is 0. The van der Waals surface area contributed by atoms with Crippen LogP contribution in [0.1, 0.15) is 63.3 Å². The van der Waals surface area contributed by atoms with E-state index in [9.17, 15) is 32.3 Å². The lowest BCUT2D eigenvalue weighted by molar-refractivity contribution is -0.192. The number of carbonyl (C=O) groups is 5. The molecule has 1 aromatic carbocycles. The van der Waals surface area contributed by atoms with Gasteiger partial charge in [0, 0.05) is 31.5 Å². The minimum Gasteiger partial charge on any atom is -0.475 e. The van der Waals surface area contributed by atoms with Gasteiger partial charge in [-0.15, -0.1) is 5.10 Å². The molecule has 1 saturated carbocycles. The van der Waals surface area contributed by atoms with E-state index in [0.29, 0.717) is 5.92 Å². The molecule has 17 heteroatoms. The second kappa shape index (κ2) is 15.8. The first kappa shape index (κ1) is 36.9. The lowest BCUT2D eigenvalue weighted by Crippen LogP contribution is -2.58. The topological polar surface area (TPSA) is 202 Å². The summed E-state index contributed by atoms with van der Waals surface area (Å²) in [6, 6.07) is 5.81. The number of carbonyl (C=O) groups excluding carboxylic acids is 4. The molecule has 1 saturated heterocycles. The highest BCUT2D eigenvalue weighted by molar-refractivity contribution is 5.95. The van der Waals surface area contributed by atoms with E-state index in [0.717, 1.165) is 24.1 Å². The first-order valence-electron chi connectivity index (χ1n) is 15.2. The molecule has 1 aliphatic carbocycles. The molecule has 0 bridgehead atoms. The lowest BCUT2D eigenvalue weighted by Gasteiger charge is -2.31. The van der Waals surface area contributed by atoms with Gasteiger partial charge in [-0.25, -0.2) is 9.48 Å². The summed E-state index contributed by atoms with van der Waals surface area (Å²) in [6.45, 7) is 5.61. The molecule has 2 aromatic rings. The Kier molecular flexibility index (Phi) is 12.4. The minimum absolute atomic E-state index is 0.213. The Labute approximate surface area is 269 Å². The van der Waals surface area contributed by atoms with Crippen molar-refractivity contribution in [2.45, 2.75) is 88.8 Å². The maximum absolute atomic E-state index is 13.9. The van der Waals surface area contributed by atoms with Crippen molar-refractivity contribution in [1.82, 2.24) is 35.8 Å². The number of hydrogen-bond acceptors (Lipinski definition) is 8. The number of carboxylic acid groups (broad SMARTS) is 1. The van der Waals surface area contributed by atoms with Crippen molar-refractivity contribution < 1.29 is 42.3 Å². The Morgan fingerprint density at radius 3 is 2.19 bits per heavy atom. The van der Waals surface area contributed by atoms with Gasteiger partial charge in [0.15, 0.2) is 0 Å². The molecule has 4 amide bonds. The molecule has 2 aliphatic rings. The summed E-state index contributed by atoms with van der Waals surface area (Å²) in [5.41, 5.74) is 7.42. The average molecular weight is 667 g/mol. The highest BCUT2D eigenvalue weighted by Crippen LogP contribution is 2.39. The van der Waals surface area contributed by atoms with E-state index >= 15 is 0 Å². The maximum atomic E-state index is 13.9. The molecule has 2 heterocycles. The summed E-state index contributed by atoms with van der Waals surface area (Å²) < 4.78 is 33.5. The van der Waals surface area contributed by atoms with E-state index in [1.807, 2.05) is 50.4 Å². The van der Waals surface area contributed by atoms with Gasteiger partial charge in [0.2, 0.25) is 23.6 Å². The average Bonchev–Trinajstić information content (AvgIpc) is 3.57. The third kappa shape index (κ3) is 10.2. The number of amides is 4. The fourth-order valence-corrected chi connectivity index (χ4v) is 4.97. The number of nitrogens with one attached hydrogen (secondary N) is 3. The third-order valence-electron chi connectivity index (χ3n) is 8.00. The molecular formula is C30H41F3N8O6. The maximum Gasteiger partial charge on any atom is 0.490 e. The number of likely N-dealkylation sites (N-methyl/N-ethyl adjacent to an activating group) is 1. The molecular weight excluding hydrogens is 625 g/mol. The fourth-order valence-electron chi connectivity index (χ4n) is 4.97. The number of likely N-dealkylation sites (tertiary alicyclic amines) is 1.